The molecular weight excluding hydrogens is 470 g/mol. The largest absolute Gasteiger partial charge is 0.490 e. The second kappa shape index (κ2) is 13.7. The third kappa shape index (κ3) is 6.47. The number of carbonyl (C=O) groups excluding carboxylic acids is 3. The summed E-state index contributed by atoms with van der Waals surface area (Å²) in [5, 5.41) is 0. The molecule has 0 heterocycles. The van der Waals surface area contributed by atoms with E-state index in [1.807, 2.05) is 26.0 Å². The highest BCUT2D eigenvalue weighted by Crippen LogP contribution is 2.38. The van der Waals surface area contributed by atoms with Crippen molar-refractivity contribution in [3.05, 3.63) is 64.7 Å². The normalized spacial score (nSPS) is 11.2. The van der Waals surface area contributed by atoms with Gasteiger partial charge < -0.3 is 14.2 Å². The van der Waals surface area contributed by atoms with Crippen molar-refractivity contribution in [3.8, 4) is 5.75 Å². The molecule has 0 spiro atoms. The predicted octanol–water partition coefficient (Wildman–Crippen LogP) is 5.73. The molecule has 0 atom stereocenters. The van der Waals surface area contributed by atoms with E-state index in [-0.39, 0.29) is 37.8 Å². The van der Waals surface area contributed by atoms with E-state index in [9.17, 15) is 18.8 Å². The fourth-order valence-electron chi connectivity index (χ4n) is 3.93. The molecule has 0 unspecified atom stereocenters. The van der Waals surface area contributed by atoms with Gasteiger partial charge in [0.25, 0.3) is 0 Å². The van der Waals surface area contributed by atoms with E-state index in [0.717, 1.165) is 30.5 Å². The van der Waals surface area contributed by atoms with Gasteiger partial charge in [-0.1, -0.05) is 50.6 Å². The van der Waals surface area contributed by atoms with Gasteiger partial charge in [0, 0.05) is 17.5 Å². The van der Waals surface area contributed by atoms with Crippen molar-refractivity contribution in [3.63, 3.8) is 0 Å². The molecule has 36 heavy (non-hydrogen) atoms. The fraction of sp³-hybridized carbons (Fsp3) is 0.464. The van der Waals surface area contributed by atoms with E-state index in [0.29, 0.717) is 12.0 Å². The van der Waals surface area contributed by atoms with Gasteiger partial charge in [0.15, 0.2) is 22.8 Å². The predicted molar refractivity (Wildman–Crippen MR) is 131 cm³/mol. The molecule has 0 aliphatic rings. The van der Waals surface area contributed by atoms with Gasteiger partial charge in [-0.3, -0.25) is 14.4 Å². The topological polar surface area (TPSA) is 78.9 Å². The van der Waals surface area contributed by atoms with Crippen LogP contribution in [0.25, 0.3) is 0 Å². The summed E-state index contributed by atoms with van der Waals surface area (Å²) in [5.41, 5.74) is -1.49. The monoisotopic (exact) mass is 504 g/mol. The maximum atomic E-state index is 15.4. The zero-order chi connectivity index (χ0) is 26.7. The van der Waals surface area contributed by atoms with Crippen LogP contribution in [0.5, 0.6) is 5.75 Å². The Bertz CT molecular complexity index is 1030. The standard InChI is InChI=1S/C28H34F2O6/c1-5-9-19-10-12-20(13-11-19)22(31)16-17-28(26(32)34-7-3,27(33)35-8-4)21-14-15-23(36-18-6-2)25(30)24(21)29/h10-15H,5-9,16-18H2,1-4H3. The molecular formula is C28H34F2O6. The number of aryl methyl sites for hydroxylation is 1. The number of Topliss-reactive ketones (excluding diaryl/α,β-unsaturated/α-hetero) is 1. The summed E-state index contributed by atoms with van der Waals surface area (Å²) in [5.74, 6) is -5.70. The first-order valence-electron chi connectivity index (χ1n) is 12.3. The lowest BCUT2D eigenvalue weighted by Crippen LogP contribution is -2.47. The molecule has 6 nitrogen and oxygen atoms in total. The minimum absolute atomic E-state index is 0.116. The number of ether oxygens (including phenoxy) is 3. The molecule has 196 valence electrons. The maximum Gasteiger partial charge on any atom is 0.328 e. The van der Waals surface area contributed by atoms with Crippen LogP contribution in [0.1, 0.15) is 74.9 Å². The van der Waals surface area contributed by atoms with Crippen LogP contribution in [0.15, 0.2) is 36.4 Å². The van der Waals surface area contributed by atoms with Crippen LogP contribution in [-0.2, 0) is 30.9 Å². The van der Waals surface area contributed by atoms with Gasteiger partial charge in [0.05, 0.1) is 19.8 Å². The molecule has 0 aliphatic carbocycles. The lowest BCUT2D eigenvalue weighted by atomic mass is 9.75. The summed E-state index contributed by atoms with van der Waals surface area (Å²) < 4.78 is 45.8. The number of hydrogen-bond acceptors (Lipinski definition) is 6. The molecule has 2 rings (SSSR count). The fourth-order valence-corrected chi connectivity index (χ4v) is 3.93. The smallest absolute Gasteiger partial charge is 0.328 e. The summed E-state index contributed by atoms with van der Waals surface area (Å²) >= 11 is 0. The summed E-state index contributed by atoms with van der Waals surface area (Å²) in [4.78, 5) is 39.4. The van der Waals surface area contributed by atoms with Crippen molar-refractivity contribution < 1.29 is 37.4 Å². The van der Waals surface area contributed by atoms with E-state index >= 15 is 4.39 Å². The van der Waals surface area contributed by atoms with Gasteiger partial charge >= 0.3 is 11.9 Å². The van der Waals surface area contributed by atoms with Crippen LogP contribution >= 0.6 is 0 Å². The Labute approximate surface area is 210 Å². The van der Waals surface area contributed by atoms with Crippen LogP contribution in [0.4, 0.5) is 8.78 Å². The Kier molecular flexibility index (Phi) is 11.0. The highest BCUT2D eigenvalue weighted by atomic mass is 19.2. The second-order valence-electron chi connectivity index (χ2n) is 8.30. The molecule has 0 fully saturated rings. The van der Waals surface area contributed by atoms with Crippen molar-refractivity contribution in [2.24, 2.45) is 0 Å². The minimum Gasteiger partial charge on any atom is -0.490 e. The summed E-state index contributed by atoms with van der Waals surface area (Å²) in [6, 6.07) is 9.29. The highest BCUT2D eigenvalue weighted by Gasteiger charge is 2.53. The van der Waals surface area contributed by atoms with Gasteiger partial charge in [0.1, 0.15) is 0 Å². The van der Waals surface area contributed by atoms with Crippen LogP contribution in [-0.4, -0.2) is 37.5 Å². The lowest BCUT2D eigenvalue weighted by Gasteiger charge is -2.30. The van der Waals surface area contributed by atoms with E-state index in [2.05, 4.69) is 0 Å². The molecule has 0 N–H and O–H groups in total. The van der Waals surface area contributed by atoms with Crippen molar-refractivity contribution in [1.82, 2.24) is 0 Å². The first kappa shape index (κ1) is 28.9. The average Bonchev–Trinajstić information content (AvgIpc) is 2.87. The number of halogens is 2. The number of hydrogen-bond donors (Lipinski definition) is 0. The number of benzene rings is 2. The SMILES string of the molecule is CCCOc1ccc(C(CCC(=O)c2ccc(CCC)cc2)(C(=O)OCC)C(=O)OCC)c(F)c1F. The summed E-state index contributed by atoms with van der Waals surface area (Å²) in [7, 11) is 0. The van der Waals surface area contributed by atoms with Crippen molar-refractivity contribution in [1.29, 1.82) is 0 Å². The quantitative estimate of drug-likeness (QED) is 0.186. The summed E-state index contributed by atoms with van der Waals surface area (Å²) in [6.45, 7) is 6.83. The molecule has 0 aromatic heterocycles. The molecule has 2 aromatic rings. The van der Waals surface area contributed by atoms with Gasteiger partial charge in [-0.2, -0.15) is 4.39 Å². The minimum atomic E-state index is -2.38. The van der Waals surface area contributed by atoms with Crippen molar-refractivity contribution in [2.45, 2.75) is 65.2 Å². The van der Waals surface area contributed by atoms with Gasteiger partial charge in [0.2, 0.25) is 5.82 Å². The van der Waals surface area contributed by atoms with Crippen LogP contribution in [0, 0.1) is 11.6 Å². The van der Waals surface area contributed by atoms with Crippen LogP contribution in [0.3, 0.4) is 0 Å². The average molecular weight is 505 g/mol. The molecule has 0 aliphatic heterocycles. The van der Waals surface area contributed by atoms with Crippen LogP contribution in [0.2, 0.25) is 0 Å². The zero-order valence-corrected chi connectivity index (χ0v) is 21.3. The van der Waals surface area contributed by atoms with Gasteiger partial charge in [-0.25, -0.2) is 4.39 Å². The van der Waals surface area contributed by atoms with Gasteiger partial charge in [-0.15, -0.1) is 0 Å². The Morgan fingerprint density at radius 3 is 1.94 bits per heavy atom. The second-order valence-corrected chi connectivity index (χ2v) is 8.30. The highest BCUT2D eigenvalue weighted by molar-refractivity contribution is 6.07. The van der Waals surface area contributed by atoms with E-state index in [4.69, 9.17) is 14.2 Å². The van der Waals surface area contributed by atoms with Crippen molar-refractivity contribution >= 4 is 17.7 Å². The first-order chi connectivity index (χ1) is 17.3. The molecule has 0 saturated carbocycles. The molecule has 8 heteroatoms. The molecule has 0 amide bonds. The third-order valence-electron chi connectivity index (χ3n) is 5.76. The Hall–Kier alpha value is -3.29. The molecule has 2 aromatic carbocycles. The van der Waals surface area contributed by atoms with E-state index < -0.39 is 41.0 Å². The zero-order valence-electron chi connectivity index (χ0n) is 21.3. The van der Waals surface area contributed by atoms with Crippen LogP contribution < -0.4 is 4.74 Å². The number of ketones is 1. The number of carbonyl (C=O) groups is 3. The van der Waals surface area contributed by atoms with E-state index in [1.54, 1.807) is 12.1 Å². The van der Waals surface area contributed by atoms with Gasteiger partial charge in [-0.05, 0) is 44.7 Å². The van der Waals surface area contributed by atoms with E-state index in [1.165, 1.54) is 13.8 Å². The van der Waals surface area contributed by atoms with Crippen molar-refractivity contribution in [2.75, 3.05) is 19.8 Å². The lowest BCUT2D eigenvalue weighted by molar-refractivity contribution is -0.165. The summed E-state index contributed by atoms with van der Waals surface area (Å²) in [6.07, 6.45) is 1.62. The Morgan fingerprint density at radius 1 is 0.806 bits per heavy atom. The molecule has 0 radical (unpaired) electrons. The Balaban J connectivity index is 2.53. The number of esters is 2. The maximum absolute atomic E-state index is 15.4. The first-order valence-corrected chi connectivity index (χ1v) is 12.3. The molecule has 0 bridgehead atoms. The third-order valence-corrected chi connectivity index (χ3v) is 5.76. The number of rotatable bonds is 14. The Morgan fingerprint density at radius 2 is 1.42 bits per heavy atom. The molecule has 0 saturated heterocycles.